The first kappa shape index (κ1) is 14.1. The second-order valence-corrected chi connectivity index (χ2v) is 6.57. The van der Waals surface area contributed by atoms with Gasteiger partial charge < -0.3 is 10.1 Å². The molecule has 2 aliphatic carbocycles. The van der Waals surface area contributed by atoms with E-state index >= 15 is 0 Å². The van der Waals surface area contributed by atoms with E-state index in [9.17, 15) is 0 Å². The van der Waals surface area contributed by atoms with E-state index in [1.54, 1.807) is 7.11 Å². The number of nitrogens with zero attached hydrogens (tertiary/aromatic N) is 2. The van der Waals surface area contributed by atoms with Gasteiger partial charge in [-0.05, 0) is 43.6 Å². The average Bonchev–Trinajstić information content (AvgIpc) is 2.88. The van der Waals surface area contributed by atoms with Gasteiger partial charge in [-0.2, -0.15) is 5.10 Å². The van der Waals surface area contributed by atoms with E-state index < -0.39 is 0 Å². The van der Waals surface area contributed by atoms with Crippen molar-refractivity contribution in [1.82, 2.24) is 15.1 Å². The van der Waals surface area contributed by atoms with Crippen molar-refractivity contribution in [3.8, 4) is 0 Å². The number of nitrogens with one attached hydrogen (secondary N) is 1. The molecule has 1 aromatic rings. The van der Waals surface area contributed by atoms with Gasteiger partial charge >= 0.3 is 0 Å². The van der Waals surface area contributed by atoms with Crippen LogP contribution in [-0.2, 0) is 11.3 Å². The van der Waals surface area contributed by atoms with Gasteiger partial charge in [-0.1, -0.05) is 12.8 Å². The Morgan fingerprint density at radius 3 is 2.90 bits per heavy atom. The molecule has 0 bridgehead atoms. The van der Waals surface area contributed by atoms with E-state index in [2.05, 4.69) is 22.3 Å². The smallest absolute Gasteiger partial charge is 0.0762 e. The average molecular weight is 277 g/mol. The summed E-state index contributed by atoms with van der Waals surface area (Å²) in [6.07, 6.45) is 11.4. The summed E-state index contributed by atoms with van der Waals surface area (Å²) in [7, 11) is 1.79. The fourth-order valence-corrected chi connectivity index (χ4v) is 3.31. The minimum absolute atomic E-state index is 0.518. The lowest BCUT2D eigenvalue weighted by Crippen LogP contribution is -2.25. The molecule has 1 heterocycles. The van der Waals surface area contributed by atoms with Gasteiger partial charge in [-0.3, -0.25) is 4.68 Å². The van der Waals surface area contributed by atoms with Crippen LogP contribution in [0.25, 0.3) is 0 Å². The minimum atomic E-state index is 0.518. The zero-order valence-corrected chi connectivity index (χ0v) is 12.6. The highest BCUT2D eigenvalue weighted by Crippen LogP contribution is 2.48. The zero-order chi connectivity index (χ0) is 13.8. The fraction of sp³-hybridized carbons (Fsp3) is 0.812. The molecule has 112 valence electrons. The molecule has 1 N–H and O–H groups in total. The first-order chi connectivity index (χ1) is 9.81. The van der Waals surface area contributed by atoms with Crippen molar-refractivity contribution in [3.63, 3.8) is 0 Å². The zero-order valence-electron chi connectivity index (χ0n) is 12.6. The Hall–Kier alpha value is -0.870. The summed E-state index contributed by atoms with van der Waals surface area (Å²) in [4.78, 5) is 0. The molecule has 0 saturated heterocycles. The van der Waals surface area contributed by atoms with Crippen molar-refractivity contribution in [2.24, 2.45) is 5.41 Å². The summed E-state index contributed by atoms with van der Waals surface area (Å²) in [6.45, 7) is 2.89. The topological polar surface area (TPSA) is 39.1 Å². The third-order valence-corrected chi connectivity index (χ3v) is 4.96. The molecule has 20 heavy (non-hydrogen) atoms. The summed E-state index contributed by atoms with van der Waals surface area (Å²) in [5, 5.41) is 8.31. The Bertz CT molecular complexity index is 419. The van der Waals surface area contributed by atoms with E-state index in [1.165, 1.54) is 50.6 Å². The van der Waals surface area contributed by atoms with Crippen LogP contribution in [0.5, 0.6) is 0 Å². The van der Waals surface area contributed by atoms with Gasteiger partial charge in [-0.15, -0.1) is 0 Å². The molecule has 0 aliphatic heterocycles. The molecule has 0 radical (unpaired) electrons. The molecule has 0 spiro atoms. The Morgan fingerprint density at radius 2 is 2.20 bits per heavy atom. The molecule has 0 atom stereocenters. The Balaban J connectivity index is 1.42. The largest absolute Gasteiger partial charge is 0.385 e. The molecule has 3 rings (SSSR count). The van der Waals surface area contributed by atoms with Gasteiger partial charge in [0.25, 0.3) is 0 Å². The summed E-state index contributed by atoms with van der Waals surface area (Å²) in [5.41, 5.74) is 1.70. The molecule has 1 aromatic heterocycles. The van der Waals surface area contributed by atoms with Crippen molar-refractivity contribution in [3.05, 3.63) is 18.0 Å². The molecule has 4 heteroatoms. The van der Waals surface area contributed by atoms with E-state index in [0.717, 1.165) is 19.7 Å². The number of hydrogen-bond donors (Lipinski definition) is 1. The van der Waals surface area contributed by atoms with Crippen LogP contribution >= 0.6 is 0 Å². The van der Waals surface area contributed by atoms with E-state index in [4.69, 9.17) is 9.84 Å². The van der Waals surface area contributed by atoms with Crippen LogP contribution in [0.15, 0.2) is 12.3 Å². The fourth-order valence-electron chi connectivity index (χ4n) is 3.31. The molecule has 2 aliphatic rings. The highest BCUT2D eigenvalue weighted by Gasteiger charge is 2.41. The Kier molecular flexibility index (Phi) is 4.41. The summed E-state index contributed by atoms with van der Waals surface area (Å²) < 4.78 is 7.38. The molecular weight excluding hydrogens is 250 g/mol. The van der Waals surface area contributed by atoms with Crippen LogP contribution in [-0.4, -0.2) is 30.0 Å². The van der Waals surface area contributed by atoms with E-state index in [-0.39, 0.29) is 0 Å². The Morgan fingerprint density at radius 1 is 1.40 bits per heavy atom. The van der Waals surface area contributed by atoms with Gasteiger partial charge in [0.1, 0.15) is 0 Å². The van der Waals surface area contributed by atoms with Crippen molar-refractivity contribution in [1.29, 1.82) is 0 Å². The first-order valence-electron chi connectivity index (χ1n) is 8.05. The van der Waals surface area contributed by atoms with Crippen molar-refractivity contribution in [2.45, 2.75) is 57.5 Å². The van der Waals surface area contributed by atoms with Crippen molar-refractivity contribution < 1.29 is 4.74 Å². The molecule has 2 saturated carbocycles. The second-order valence-electron chi connectivity index (χ2n) is 6.57. The van der Waals surface area contributed by atoms with E-state index in [0.29, 0.717) is 11.5 Å². The standard InChI is InChI=1S/C16H27N3O/c1-20-11-9-16(7-8-16)13-17-12-14-6-10-19(18-14)15-4-2-3-5-15/h6,10,15,17H,2-5,7-9,11-13H2,1H3. The van der Waals surface area contributed by atoms with Crippen LogP contribution in [0.2, 0.25) is 0 Å². The quantitative estimate of drug-likeness (QED) is 0.794. The molecule has 0 aromatic carbocycles. The number of rotatable bonds is 8. The van der Waals surface area contributed by atoms with Crippen LogP contribution in [0.1, 0.15) is 56.7 Å². The minimum Gasteiger partial charge on any atom is -0.385 e. The lowest BCUT2D eigenvalue weighted by Gasteiger charge is -2.15. The number of aromatic nitrogens is 2. The van der Waals surface area contributed by atoms with Gasteiger partial charge in [0.15, 0.2) is 0 Å². The molecule has 0 amide bonds. The summed E-state index contributed by atoms with van der Waals surface area (Å²) in [5.74, 6) is 0. The first-order valence-corrected chi connectivity index (χ1v) is 8.05. The predicted octanol–water partition coefficient (Wildman–Crippen LogP) is 2.90. The molecular formula is C16H27N3O. The van der Waals surface area contributed by atoms with Crippen LogP contribution in [0.3, 0.4) is 0 Å². The highest BCUT2D eigenvalue weighted by molar-refractivity contribution is 5.01. The third kappa shape index (κ3) is 3.41. The highest BCUT2D eigenvalue weighted by atomic mass is 16.5. The van der Waals surface area contributed by atoms with Gasteiger partial charge in [-0.25, -0.2) is 0 Å². The van der Waals surface area contributed by atoms with E-state index in [1.807, 2.05) is 0 Å². The maximum Gasteiger partial charge on any atom is 0.0762 e. The lowest BCUT2D eigenvalue weighted by atomic mass is 10.0. The van der Waals surface area contributed by atoms with Crippen molar-refractivity contribution >= 4 is 0 Å². The van der Waals surface area contributed by atoms with Gasteiger partial charge in [0.05, 0.1) is 11.7 Å². The number of methoxy groups -OCH3 is 1. The van der Waals surface area contributed by atoms with Gasteiger partial charge in [0.2, 0.25) is 0 Å². The SMILES string of the molecule is COCCC1(CNCc2ccn(C3CCCC3)n2)CC1. The normalized spacial score (nSPS) is 21.4. The van der Waals surface area contributed by atoms with Crippen LogP contribution in [0, 0.1) is 5.41 Å². The van der Waals surface area contributed by atoms with Crippen LogP contribution in [0.4, 0.5) is 0 Å². The number of hydrogen-bond acceptors (Lipinski definition) is 3. The Labute approximate surface area is 121 Å². The monoisotopic (exact) mass is 277 g/mol. The summed E-state index contributed by atoms with van der Waals surface area (Å²) >= 11 is 0. The maximum atomic E-state index is 5.20. The van der Waals surface area contributed by atoms with Crippen molar-refractivity contribution in [2.75, 3.05) is 20.3 Å². The predicted molar refractivity (Wildman–Crippen MR) is 79.6 cm³/mol. The maximum absolute atomic E-state index is 5.20. The van der Waals surface area contributed by atoms with Crippen LogP contribution < -0.4 is 5.32 Å². The number of ether oxygens (including phenoxy) is 1. The molecule has 2 fully saturated rings. The van der Waals surface area contributed by atoms with Gasteiger partial charge in [0, 0.05) is 33.0 Å². The molecule has 4 nitrogen and oxygen atoms in total. The lowest BCUT2D eigenvalue weighted by molar-refractivity contribution is 0.171. The summed E-state index contributed by atoms with van der Waals surface area (Å²) in [6, 6.07) is 2.82. The second kappa shape index (κ2) is 6.27. The third-order valence-electron chi connectivity index (χ3n) is 4.96. The molecule has 0 unspecified atom stereocenters.